The average molecular weight is 308 g/mol. The molecule has 0 saturated heterocycles. The van der Waals surface area contributed by atoms with Crippen molar-refractivity contribution in [3.8, 4) is 0 Å². The van der Waals surface area contributed by atoms with Crippen molar-refractivity contribution in [2.45, 2.75) is 26.9 Å². The van der Waals surface area contributed by atoms with E-state index < -0.39 is 11.6 Å². The van der Waals surface area contributed by atoms with Crippen LogP contribution in [0.25, 0.3) is 11.2 Å². The number of imidazole rings is 1. The number of aromatic amines is 1. The summed E-state index contributed by atoms with van der Waals surface area (Å²) in [5.74, 6) is -0.920. The molecule has 0 aliphatic heterocycles. The van der Waals surface area contributed by atoms with Crippen molar-refractivity contribution in [2.24, 2.45) is 0 Å². The van der Waals surface area contributed by atoms with Crippen LogP contribution in [0.2, 0.25) is 0 Å². The van der Waals surface area contributed by atoms with Gasteiger partial charge < -0.3 is 4.98 Å². The molecule has 0 unspecified atom stereocenters. The quantitative estimate of drug-likeness (QED) is 0.752. The van der Waals surface area contributed by atoms with Gasteiger partial charge in [0.1, 0.15) is 17.2 Å². The van der Waals surface area contributed by atoms with Gasteiger partial charge in [-0.1, -0.05) is 0 Å². The summed E-state index contributed by atoms with van der Waals surface area (Å²) in [4.78, 5) is 3.08. The Morgan fingerprint density at radius 3 is 2.81 bits per heavy atom. The van der Waals surface area contributed by atoms with E-state index in [4.69, 9.17) is 12.2 Å². The molecule has 2 heterocycles. The Hall–Kier alpha value is -2.02. The summed E-state index contributed by atoms with van der Waals surface area (Å²) in [5, 5.41) is 4.40. The Balaban J connectivity index is 2.18. The van der Waals surface area contributed by atoms with Crippen LogP contribution in [0.4, 0.5) is 8.78 Å². The van der Waals surface area contributed by atoms with Crippen molar-refractivity contribution in [2.75, 3.05) is 0 Å². The summed E-state index contributed by atoms with van der Waals surface area (Å²) in [6.07, 6.45) is 0. The Morgan fingerprint density at radius 2 is 2.10 bits per heavy atom. The van der Waals surface area contributed by atoms with Gasteiger partial charge in [-0.3, -0.25) is 4.57 Å². The predicted octanol–water partition coefficient (Wildman–Crippen LogP) is 3.55. The monoisotopic (exact) mass is 308 g/mol. The molecule has 0 amide bonds. The maximum Gasteiger partial charge on any atom is 0.179 e. The van der Waals surface area contributed by atoms with E-state index in [1.807, 2.05) is 13.8 Å². The maximum absolute atomic E-state index is 13.8. The van der Waals surface area contributed by atoms with E-state index in [0.717, 1.165) is 29.0 Å². The van der Waals surface area contributed by atoms with Crippen LogP contribution in [0.15, 0.2) is 18.2 Å². The van der Waals surface area contributed by atoms with E-state index in [0.29, 0.717) is 11.3 Å². The molecule has 3 aromatic rings. The van der Waals surface area contributed by atoms with Gasteiger partial charge in [0.25, 0.3) is 0 Å². The van der Waals surface area contributed by atoms with Crippen LogP contribution in [0.5, 0.6) is 0 Å². The van der Waals surface area contributed by atoms with Gasteiger partial charge in [-0.15, -0.1) is 0 Å². The summed E-state index contributed by atoms with van der Waals surface area (Å²) in [6, 6.07) is 3.42. The highest BCUT2D eigenvalue weighted by Gasteiger charge is 2.15. The number of aromatic nitrogens is 4. The fourth-order valence-corrected chi connectivity index (χ4v) is 2.72. The van der Waals surface area contributed by atoms with Crippen LogP contribution >= 0.6 is 12.2 Å². The highest BCUT2D eigenvalue weighted by atomic mass is 32.1. The normalized spacial score (nSPS) is 11.4. The fourth-order valence-electron chi connectivity index (χ4n) is 2.46. The second-order valence-electron chi connectivity index (χ2n) is 4.85. The summed E-state index contributed by atoms with van der Waals surface area (Å²) in [6.45, 7) is 4.68. The molecule has 2 aromatic heterocycles. The molecule has 3 rings (SSSR count). The van der Waals surface area contributed by atoms with E-state index in [2.05, 4.69) is 10.1 Å². The van der Waals surface area contributed by atoms with Crippen molar-refractivity contribution in [1.29, 1.82) is 0 Å². The van der Waals surface area contributed by atoms with Gasteiger partial charge >= 0.3 is 0 Å². The van der Waals surface area contributed by atoms with Gasteiger partial charge in [0.15, 0.2) is 10.4 Å². The molecule has 0 atom stereocenters. The SMILES string of the molecule is CCn1nc(C)c2[nH]c(=S)n(Cc3cc(F)ccc3F)c21. The van der Waals surface area contributed by atoms with Crippen LogP contribution in [0, 0.1) is 23.3 Å². The predicted molar refractivity (Wildman–Crippen MR) is 78.8 cm³/mol. The van der Waals surface area contributed by atoms with Gasteiger partial charge in [-0.25, -0.2) is 13.5 Å². The molecular weight excluding hydrogens is 294 g/mol. The zero-order valence-corrected chi connectivity index (χ0v) is 12.5. The van der Waals surface area contributed by atoms with E-state index in [9.17, 15) is 8.78 Å². The third kappa shape index (κ3) is 2.27. The van der Waals surface area contributed by atoms with Gasteiger partial charge in [-0.05, 0) is 44.3 Å². The lowest BCUT2D eigenvalue weighted by Gasteiger charge is -2.07. The van der Waals surface area contributed by atoms with Crippen molar-refractivity contribution >= 4 is 23.4 Å². The molecule has 4 nitrogen and oxygen atoms in total. The lowest BCUT2D eigenvalue weighted by atomic mass is 10.2. The molecule has 21 heavy (non-hydrogen) atoms. The number of hydrogen-bond donors (Lipinski definition) is 1. The van der Waals surface area contributed by atoms with Gasteiger partial charge in [0, 0.05) is 12.1 Å². The molecule has 110 valence electrons. The Kier molecular flexibility index (Phi) is 3.36. The third-order valence-corrected chi connectivity index (χ3v) is 3.79. The fraction of sp³-hybridized carbons (Fsp3) is 0.286. The molecule has 0 bridgehead atoms. The standard InChI is InChI=1S/C14H14F2N4S/c1-3-20-13-12(8(2)18-20)17-14(21)19(13)7-9-6-10(15)4-5-11(9)16/h4-6H,3,7H2,1-2H3,(H,17,21). The second kappa shape index (κ2) is 5.07. The van der Waals surface area contributed by atoms with Gasteiger partial charge in [0.05, 0.1) is 12.2 Å². The van der Waals surface area contributed by atoms with E-state index >= 15 is 0 Å². The number of H-pyrrole nitrogens is 1. The second-order valence-corrected chi connectivity index (χ2v) is 5.24. The Morgan fingerprint density at radius 1 is 1.33 bits per heavy atom. The van der Waals surface area contributed by atoms with Gasteiger partial charge in [0.2, 0.25) is 0 Å². The van der Waals surface area contributed by atoms with Crippen molar-refractivity contribution in [1.82, 2.24) is 19.3 Å². The Bertz CT molecular complexity index is 875. The first-order valence-electron chi connectivity index (χ1n) is 6.61. The first-order valence-corrected chi connectivity index (χ1v) is 7.02. The molecule has 1 aromatic carbocycles. The van der Waals surface area contributed by atoms with Crippen LogP contribution < -0.4 is 0 Å². The largest absolute Gasteiger partial charge is 0.328 e. The summed E-state index contributed by atoms with van der Waals surface area (Å²) in [5.41, 5.74) is 2.72. The molecular formula is C14H14F2N4S. The zero-order chi connectivity index (χ0) is 15.1. The highest BCUT2D eigenvalue weighted by Crippen LogP contribution is 2.20. The first-order chi connectivity index (χ1) is 10.0. The number of fused-ring (bicyclic) bond motifs is 1. The van der Waals surface area contributed by atoms with E-state index in [-0.39, 0.29) is 12.1 Å². The number of benzene rings is 1. The average Bonchev–Trinajstić information content (AvgIpc) is 2.93. The number of hydrogen-bond acceptors (Lipinski definition) is 2. The molecule has 0 spiro atoms. The first kappa shape index (κ1) is 13.9. The van der Waals surface area contributed by atoms with Crippen LogP contribution in [0.1, 0.15) is 18.2 Å². The molecule has 0 aliphatic carbocycles. The van der Waals surface area contributed by atoms with Crippen LogP contribution in [-0.2, 0) is 13.1 Å². The third-order valence-electron chi connectivity index (χ3n) is 3.47. The smallest absolute Gasteiger partial charge is 0.179 e. The number of halogens is 2. The molecule has 0 fully saturated rings. The number of nitrogens with one attached hydrogen (secondary N) is 1. The van der Waals surface area contributed by atoms with E-state index in [1.54, 1.807) is 9.25 Å². The number of aryl methyl sites for hydroxylation is 2. The minimum Gasteiger partial charge on any atom is -0.328 e. The number of nitrogens with zero attached hydrogens (tertiary/aromatic N) is 3. The molecule has 1 N–H and O–H groups in total. The Labute approximate surface area is 125 Å². The van der Waals surface area contributed by atoms with E-state index in [1.165, 1.54) is 6.07 Å². The lowest BCUT2D eigenvalue weighted by molar-refractivity contribution is 0.573. The van der Waals surface area contributed by atoms with Crippen molar-refractivity contribution in [3.63, 3.8) is 0 Å². The van der Waals surface area contributed by atoms with Crippen molar-refractivity contribution in [3.05, 3.63) is 45.9 Å². The minimum atomic E-state index is -0.468. The van der Waals surface area contributed by atoms with Crippen LogP contribution in [0.3, 0.4) is 0 Å². The number of rotatable bonds is 3. The summed E-state index contributed by atoms with van der Waals surface area (Å²) in [7, 11) is 0. The zero-order valence-electron chi connectivity index (χ0n) is 11.7. The van der Waals surface area contributed by atoms with Crippen LogP contribution in [-0.4, -0.2) is 19.3 Å². The molecule has 0 saturated carbocycles. The maximum atomic E-state index is 13.8. The van der Waals surface area contributed by atoms with Crippen molar-refractivity contribution < 1.29 is 8.78 Å². The minimum absolute atomic E-state index is 0.160. The molecule has 0 aliphatic rings. The van der Waals surface area contributed by atoms with Gasteiger partial charge in [-0.2, -0.15) is 5.10 Å². The summed E-state index contributed by atoms with van der Waals surface area (Å²) < 4.78 is 31.2. The topological polar surface area (TPSA) is 38.5 Å². The lowest BCUT2D eigenvalue weighted by Crippen LogP contribution is -2.07. The molecule has 0 radical (unpaired) electrons. The summed E-state index contributed by atoms with van der Waals surface area (Å²) >= 11 is 5.30. The molecule has 7 heteroatoms. The highest BCUT2D eigenvalue weighted by molar-refractivity contribution is 7.71.